The number of aliphatic hydroxyl groups is 1. The summed E-state index contributed by atoms with van der Waals surface area (Å²) >= 11 is 0. The maximum absolute atomic E-state index is 9.36. The molecule has 0 fully saturated rings. The zero-order valence-electron chi connectivity index (χ0n) is 9.61. The molecule has 1 heterocycles. The van der Waals surface area contributed by atoms with Gasteiger partial charge in [0.1, 0.15) is 0 Å². The Balaban J connectivity index is 2.54. The van der Waals surface area contributed by atoms with Gasteiger partial charge in [0, 0.05) is 31.8 Å². The van der Waals surface area contributed by atoms with E-state index in [0.717, 1.165) is 19.3 Å². The second-order valence-corrected chi connectivity index (χ2v) is 4.24. The van der Waals surface area contributed by atoms with Crippen molar-refractivity contribution >= 4 is 0 Å². The van der Waals surface area contributed by atoms with E-state index in [0.29, 0.717) is 6.54 Å². The molecule has 1 rings (SSSR count). The number of hydrogen-bond acceptors (Lipinski definition) is 3. The molecule has 0 bridgehead atoms. The smallest absolute Gasteiger partial charge is 0.0521 e. The molecular weight excluding hydrogens is 190 g/mol. The van der Waals surface area contributed by atoms with Crippen molar-refractivity contribution in [1.29, 1.82) is 0 Å². The van der Waals surface area contributed by atoms with Gasteiger partial charge in [-0.2, -0.15) is 5.10 Å². The first-order valence-electron chi connectivity index (χ1n) is 5.44. The Morgan fingerprint density at radius 2 is 2.33 bits per heavy atom. The van der Waals surface area contributed by atoms with Gasteiger partial charge in [-0.3, -0.25) is 4.68 Å². The van der Waals surface area contributed by atoms with E-state index in [1.54, 1.807) is 4.68 Å². The zero-order chi connectivity index (χ0) is 11.3. The van der Waals surface area contributed by atoms with Gasteiger partial charge in [0.2, 0.25) is 0 Å². The minimum atomic E-state index is -0.115. The van der Waals surface area contributed by atoms with Crippen LogP contribution in [0.4, 0.5) is 0 Å². The first kappa shape index (κ1) is 12.2. The molecule has 0 aromatic carbocycles. The second-order valence-electron chi connectivity index (χ2n) is 4.24. The van der Waals surface area contributed by atoms with E-state index in [-0.39, 0.29) is 12.0 Å². The van der Waals surface area contributed by atoms with E-state index in [9.17, 15) is 5.11 Å². The Kier molecular flexibility index (Phi) is 4.29. The number of aryl methyl sites for hydroxylation is 2. The summed E-state index contributed by atoms with van der Waals surface area (Å²) in [5.74, 6) is 0. The Morgan fingerprint density at radius 3 is 2.73 bits per heavy atom. The van der Waals surface area contributed by atoms with Crippen LogP contribution < -0.4 is 5.73 Å². The molecule has 4 heteroatoms. The molecule has 15 heavy (non-hydrogen) atoms. The van der Waals surface area contributed by atoms with Crippen LogP contribution in [0.25, 0.3) is 0 Å². The molecule has 0 aliphatic heterocycles. The normalized spacial score (nSPS) is 15.2. The number of aliphatic hydroxyl groups excluding tert-OH is 1. The van der Waals surface area contributed by atoms with E-state index in [1.807, 2.05) is 19.4 Å². The van der Waals surface area contributed by atoms with Gasteiger partial charge in [-0.05, 0) is 24.8 Å². The average Bonchev–Trinajstić information content (AvgIpc) is 2.67. The molecule has 0 saturated heterocycles. The quantitative estimate of drug-likeness (QED) is 0.728. The third-order valence-electron chi connectivity index (χ3n) is 3.22. The first-order valence-corrected chi connectivity index (χ1v) is 5.44. The van der Waals surface area contributed by atoms with E-state index in [2.05, 4.69) is 12.0 Å². The van der Waals surface area contributed by atoms with Crippen molar-refractivity contribution in [2.24, 2.45) is 18.2 Å². The highest BCUT2D eigenvalue weighted by atomic mass is 16.3. The molecule has 0 aliphatic carbocycles. The lowest BCUT2D eigenvalue weighted by molar-refractivity contribution is 0.118. The molecule has 0 radical (unpaired) electrons. The van der Waals surface area contributed by atoms with Crippen molar-refractivity contribution in [3.05, 3.63) is 18.0 Å². The Bertz CT molecular complexity index is 284. The monoisotopic (exact) mass is 211 g/mol. The molecule has 0 spiro atoms. The molecule has 0 aliphatic rings. The average molecular weight is 211 g/mol. The Hall–Kier alpha value is -0.870. The highest BCUT2D eigenvalue weighted by Gasteiger charge is 2.25. The number of rotatable bonds is 6. The van der Waals surface area contributed by atoms with Crippen molar-refractivity contribution in [1.82, 2.24) is 9.78 Å². The van der Waals surface area contributed by atoms with Crippen LogP contribution in [0, 0.1) is 5.41 Å². The number of aromatic nitrogens is 2. The van der Waals surface area contributed by atoms with Gasteiger partial charge in [-0.15, -0.1) is 0 Å². The van der Waals surface area contributed by atoms with Crippen LogP contribution in [0.15, 0.2) is 12.4 Å². The largest absolute Gasteiger partial charge is 0.396 e. The number of nitrogens with two attached hydrogens (primary N) is 1. The molecule has 1 unspecified atom stereocenters. The highest BCUT2D eigenvalue weighted by Crippen LogP contribution is 2.26. The van der Waals surface area contributed by atoms with Gasteiger partial charge >= 0.3 is 0 Å². The summed E-state index contributed by atoms with van der Waals surface area (Å²) in [5, 5.41) is 13.5. The minimum Gasteiger partial charge on any atom is -0.396 e. The van der Waals surface area contributed by atoms with E-state index < -0.39 is 0 Å². The summed E-state index contributed by atoms with van der Waals surface area (Å²) in [6, 6.07) is 0. The predicted octanol–water partition coefficient (Wildman–Crippen LogP) is 0.700. The summed E-state index contributed by atoms with van der Waals surface area (Å²) in [6.07, 6.45) is 6.64. The highest BCUT2D eigenvalue weighted by molar-refractivity contribution is 5.04. The first-order chi connectivity index (χ1) is 7.15. The summed E-state index contributed by atoms with van der Waals surface area (Å²) < 4.78 is 1.80. The van der Waals surface area contributed by atoms with Gasteiger partial charge in [-0.25, -0.2) is 0 Å². The summed E-state index contributed by atoms with van der Waals surface area (Å²) in [7, 11) is 1.91. The van der Waals surface area contributed by atoms with Crippen LogP contribution in [0.3, 0.4) is 0 Å². The topological polar surface area (TPSA) is 64.1 Å². The van der Waals surface area contributed by atoms with Gasteiger partial charge in [-0.1, -0.05) is 6.92 Å². The zero-order valence-corrected chi connectivity index (χ0v) is 9.61. The van der Waals surface area contributed by atoms with Crippen molar-refractivity contribution in [2.45, 2.75) is 26.2 Å². The summed E-state index contributed by atoms with van der Waals surface area (Å²) in [5.41, 5.74) is 6.81. The van der Waals surface area contributed by atoms with E-state index >= 15 is 0 Å². The van der Waals surface area contributed by atoms with Crippen LogP contribution >= 0.6 is 0 Å². The molecule has 86 valence electrons. The molecule has 0 saturated carbocycles. The lowest BCUT2D eigenvalue weighted by Crippen LogP contribution is -2.34. The maximum atomic E-state index is 9.36. The third-order valence-corrected chi connectivity index (χ3v) is 3.22. The van der Waals surface area contributed by atoms with Crippen molar-refractivity contribution in [2.75, 3.05) is 13.2 Å². The van der Waals surface area contributed by atoms with Crippen LogP contribution in [0.1, 0.15) is 25.3 Å². The SMILES string of the molecule is CCC(CN)(CO)CCc1cnn(C)c1. The molecule has 1 atom stereocenters. The van der Waals surface area contributed by atoms with Crippen molar-refractivity contribution < 1.29 is 5.11 Å². The van der Waals surface area contributed by atoms with Crippen molar-refractivity contribution in [3.63, 3.8) is 0 Å². The van der Waals surface area contributed by atoms with Gasteiger partial charge in [0.05, 0.1) is 6.20 Å². The van der Waals surface area contributed by atoms with Gasteiger partial charge in [0.25, 0.3) is 0 Å². The van der Waals surface area contributed by atoms with E-state index in [1.165, 1.54) is 5.56 Å². The van der Waals surface area contributed by atoms with Crippen LogP contribution in [-0.4, -0.2) is 28.0 Å². The number of nitrogens with zero attached hydrogens (tertiary/aromatic N) is 2. The fourth-order valence-electron chi connectivity index (χ4n) is 1.69. The maximum Gasteiger partial charge on any atom is 0.0521 e. The summed E-state index contributed by atoms with van der Waals surface area (Å²) in [4.78, 5) is 0. The standard InChI is InChI=1S/C11H21N3O/c1-3-11(8-12,9-15)5-4-10-6-13-14(2)7-10/h6-7,15H,3-5,8-9,12H2,1-2H3. The molecule has 3 N–H and O–H groups in total. The Morgan fingerprint density at radius 1 is 1.60 bits per heavy atom. The Labute approximate surface area is 91.1 Å². The van der Waals surface area contributed by atoms with Crippen LogP contribution in [0.5, 0.6) is 0 Å². The molecule has 1 aromatic heterocycles. The molecular formula is C11H21N3O. The second kappa shape index (κ2) is 5.28. The third kappa shape index (κ3) is 3.04. The molecule has 1 aromatic rings. The molecule has 4 nitrogen and oxygen atoms in total. The molecule has 0 amide bonds. The van der Waals surface area contributed by atoms with Crippen LogP contribution in [-0.2, 0) is 13.5 Å². The minimum absolute atomic E-state index is 0.115. The van der Waals surface area contributed by atoms with Gasteiger partial charge < -0.3 is 10.8 Å². The summed E-state index contributed by atoms with van der Waals surface area (Å²) in [6.45, 7) is 2.78. The fourth-order valence-corrected chi connectivity index (χ4v) is 1.69. The van der Waals surface area contributed by atoms with Gasteiger partial charge in [0.15, 0.2) is 0 Å². The lowest BCUT2D eigenvalue weighted by atomic mass is 9.81. The predicted molar refractivity (Wildman–Crippen MR) is 60.4 cm³/mol. The number of hydrogen-bond donors (Lipinski definition) is 2. The van der Waals surface area contributed by atoms with E-state index in [4.69, 9.17) is 5.73 Å². The lowest BCUT2D eigenvalue weighted by Gasteiger charge is -2.28. The fraction of sp³-hybridized carbons (Fsp3) is 0.727. The van der Waals surface area contributed by atoms with Crippen LogP contribution in [0.2, 0.25) is 0 Å². The van der Waals surface area contributed by atoms with Crippen molar-refractivity contribution in [3.8, 4) is 0 Å².